The second-order valence-corrected chi connectivity index (χ2v) is 8.31. The summed E-state index contributed by atoms with van der Waals surface area (Å²) in [5.74, 6) is 5.17. The molecule has 2 aliphatic rings. The van der Waals surface area contributed by atoms with Gasteiger partial charge in [0.2, 0.25) is 0 Å². The van der Waals surface area contributed by atoms with Gasteiger partial charge in [0.05, 0.1) is 0 Å². The minimum atomic E-state index is 0.379. The summed E-state index contributed by atoms with van der Waals surface area (Å²) in [6.07, 6.45) is 3.79. The molecule has 104 valence electrons. The average Bonchev–Trinajstić information content (AvgIpc) is 3.19. The predicted octanol–water partition coefficient (Wildman–Crippen LogP) is 3.85. The van der Waals surface area contributed by atoms with Crippen LogP contribution in [0.1, 0.15) is 18.4 Å². The zero-order chi connectivity index (χ0) is 13.1. The van der Waals surface area contributed by atoms with Crippen LogP contribution in [0.4, 0.5) is 0 Å². The summed E-state index contributed by atoms with van der Waals surface area (Å²) in [5.41, 5.74) is 1.78. The van der Waals surface area contributed by atoms with Gasteiger partial charge in [-0.15, -0.1) is 0 Å². The van der Waals surface area contributed by atoms with Crippen LogP contribution >= 0.6 is 35.1 Å². The Balaban J connectivity index is 1.58. The van der Waals surface area contributed by atoms with Gasteiger partial charge in [-0.3, -0.25) is 0 Å². The molecule has 1 aliphatic heterocycles. The Morgan fingerprint density at radius 2 is 1.74 bits per heavy atom. The summed E-state index contributed by atoms with van der Waals surface area (Å²) in [7, 11) is 0. The van der Waals surface area contributed by atoms with Crippen molar-refractivity contribution in [3.8, 4) is 0 Å². The maximum Gasteiger partial charge on any atom is 0.0406 e. The second-order valence-electron chi connectivity index (χ2n) is 5.57. The molecule has 4 heteroatoms. The fourth-order valence-corrected chi connectivity index (χ4v) is 5.17. The van der Waals surface area contributed by atoms with Crippen LogP contribution < -0.4 is 5.32 Å². The monoisotopic (exact) mass is 313 g/mol. The number of hydrogen-bond donors (Lipinski definition) is 1. The summed E-state index contributed by atoms with van der Waals surface area (Å²) >= 11 is 10.2. The average molecular weight is 314 g/mol. The van der Waals surface area contributed by atoms with Crippen molar-refractivity contribution in [3.63, 3.8) is 0 Å². The molecule has 0 unspecified atom stereocenters. The molecule has 1 aromatic rings. The molecule has 0 atom stereocenters. The van der Waals surface area contributed by atoms with Crippen LogP contribution in [0.3, 0.4) is 0 Å². The van der Waals surface area contributed by atoms with Gasteiger partial charge < -0.3 is 5.32 Å². The standard InChI is InChI=1S/C15H20ClNS2/c16-13-3-1-12(2-4-13)9-15(5-6-15)17-14-10-18-7-8-19-11-14/h1-4,14,17H,5-11H2. The van der Waals surface area contributed by atoms with E-state index in [1.807, 2.05) is 12.1 Å². The third-order valence-corrected chi connectivity index (χ3v) is 6.60. The van der Waals surface area contributed by atoms with Gasteiger partial charge in [0, 0.05) is 39.6 Å². The van der Waals surface area contributed by atoms with Crippen LogP contribution in [0.25, 0.3) is 0 Å². The highest BCUT2D eigenvalue weighted by Crippen LogP contribution is 2.40. The van der Waals surface area contributed by atoms with Gasteiger partial charge in [0.15, 0.2) is 0 Å². The van der Waals surface area contributed by atoms with Crippen LogP contribution in [0.15, 0.2) is 24.3 Å². The Kier molecular flexibility index (Phi) is 4.68. The molecule has 1 saturated carbocycles. The highest BCUT2D eigenvalue weighted by Gasteiger charge is 2.43. The third-order valence-electron chi connectivity index (χ3n) is 3.83. The second kappa shape index (κ2) is 6.30. The molecule has 3 rings (SSSR count). The quantitative estimate of drug-likeness (QED) is 0.906. The smallest absolute Gasteiger partial charge is 0.0406 e. The Morgan fingerprint density at radius 1 is 1.11 bits per heavy atom. The molecule has 1 saturated heterocycles. The molecular formula is C15H20ClNS2. The predicted molar refractivity (Wildman–Crippen MR) is 88.7 cm³/mol. The summed E-state index contributed by atoms with van der Waals surface area (Å²) in [6, 6.07) is 9.03. The lowest BCUT2D eigenvalue weighted by molar-refractivity contribution is 0.452. The number of halogens is 1. The van der Waals surface area contributed by atoms with Gasteiger partial charge in [0.25, 0.3) is 0 Å². The van der Waals surface area contributed by atoms with E-state index >= 15 is 0 Å². The normalized spacial score (nSPS) is 23.0. The Labute approximate surface area is 129 Å². The van der Waals surface area contributed by atoms with E-state index in [-0.39, 0.29) is 0 Å². The van der Waals surface area contributed by atoms with Crippen molar-refractivity contribution in [2.75, 3.05) is 23.0 Å². The molecule has 1 aliphatic carbocycles. The lowest BCUT2D eigenvalue weighted by atomic mass is 10.0. The topological polar surface area (TPSA) is 12.0 Å². The van der Waals surface area contributed by atoms with Gasteiger partial charge in [-0.2, -0.15) is 23.5 Å². The van der Waals surface area contributed by atoms with E-state index in [9.17, 15) is 0 Å². The minimum absolute atomic E-state index is 0.379. The fraction of sp³-hybridized carbons (Fsp3) is 0.600. The molecule has 2 fully saturated rings. The van der Waals surface area contributed by atoms with E-state index < -0.39 is 0 Å². The number of hydrogen-bond acceptors (Lipinski definition) is 3. The zero-order valence-electron chi connectivity index (χ0n) is 11.0. The van der Waals surface area contributed by atoms with Crippen molar-refractivity contribution in [1.29, 1.82) is 0 Å². The molecule has 1 aromatic carbocycles. The summed E-state index contributed by atoms with van der Waals surface area (Å²) in [4.78, 5) is 0. The molecule has 0 radical (unpaired) electrons. The van der Waals surface area contributed by atoms with E-state index in [1.165, 1.54) is 41.4 Å². The summed E-state index contributed by atoms with van der Waals surface area (Å²) < 4.78 is 0. The molecule has 19 heavy (non-hydrogen) atoms. The maximum atomic E-state index is 5.95. The third kappa shape index (κ3) is 4.07. The van der Waals surface area contributed by atoms with Crippen molar-refractivity contribution in [2.24, 2.45) is 0 Å². The van der Waals surface area contributed by atoms with Crippen LogP contribution in [0.5, 0.6) is 0 Å². The van der Waals surface area contributed by atoms with E-state index in [4.69, 9.17) is 11.6 Å². The number of nitrogens with one attached hydrogen (secondary N) is 1. The highest BCUT2D eigenvalue weighted by molar-refractivity contribution is 8.03. The lowest BCUT2D eigenvalue weighted by Crippen LogP contribution is -2.44. The molecule has 0 aromatic heterocycles. The summed E-state index contributed by atoms with van der Waals surface area (Å²) in [5, 5.41) is 4.77. The van der Waals surface area contributed by atoms with Crippen LogP contribution in [0, 0.1) is 0 Å². The van der Waals surface area contributed by atoms with Crippen LogP contribution in [-0.2, 0) is 6.42 Å². The van der Waals surface area contributed by atoms with Gasteiger partial charge in [-0.25, -0.2) is 0 Å². The van der Waals surface area contributed by atoms with Crippen molar-refractivity contribution < 1.29 is 0 Å². The zero-order valence-corrected chi connectivity index (χ0v) is 13.4. The Morgan fingerprint density at radius 3 is 2.32 bits per heavy atom. The first-order valence-corrected chi connectivity index (χ1v) is 9.62. The van der Waals surface area contributed by atoms with E-state index in [0.29, 0.717) is 11.6 Å². The largest absolute Gasteiger partial charge is 0.307 e. The van der Waals surface area contributed by atoms with Gasteiger partial charge in [-0.1, -0.05) is 23.7 Å². The first kappa shape index (κ1) is 14.1. The molecule has 0 bridgehead atoms. The first-order valence-electron chi connectivity index (χ1n) is 6.93. The van der Waals surface area contributed by atoms with Gasteiger partial charge in [-0.05, 0) is 37.0 Å². The van der Waals surface area contributed by atoms with Crippen molar-refractivity contribution in [3.05, 3.63) is 34.9 Å². The van der Waals surface area contributed by atoms with Crippen molar-refractivity contribution in [2.45, 2.75) is 30.8 Å². The maximum absolute atomic E-state index is 5.95. The van der Waals surface area contributed by atoms with E-state index in [2.05, 4.69) is 41.0 Å². The summed E-state index contributed by atoms with van der Waals surface area (Å²) in [6.45, 7) is 0. The highest BCUT2D eigenvalue weighted by atomic mass is 35.5. The molecular weight excluding hydrogens is 294 g/mol. The first-order chi connectivity index (χ1) is 9.26. The lowest BCUT2D eigenvalue weighted by Gasteiger charge is -2.24. The van der Waals surface area contributed by atoms with Crippen LogP contribution in [0.2, 0.25) is 5.02 Å². The SMILES string of the molecule is Clc1ccc(CC2(NC3CSCCSC3)CC2)cc1. The molecule has 1 heterocycles. The van der Waals surface area contributed by atoms with E-state index in [1.54, 1.807) is 0 Å². The van der Waals surface area contributed by atoms with Gasteiger partial charge >= 0.3 is 0 Å². The fourth-order valence-electron chi connectivity index (χ4n) is 2.65. The molecule has 1 N–H and O–H groups in total. The van der Waals surface area contributed by atoms with Crippen LogP contribution in [-0.4, -0.2) is 34.6 Å². The van der Waals surface area contributed by atoms with Crippen molar-refractivity contribution in [1.82, 2.24) is 5.32 Å². The molecule has 0 spiro atoms. The molecule has 1 nitrogen and oxygen atoms in total. The number of rotatable bonds is 4. The Bertz CT molecular complexity index is 409. The molecule has 0 amide bonds. The van der Waals surface area contributed by atoms with Crippen molar-refractivity contribution >= 4 is 35.1 Å². The minimum Gasteiger partial charge on any atom is -0.307 e. The Hall–Kier alpha value is 0.170. The van der Waals surface area contributed by atoms with E-state index in [0.717, 1.165) is 11.4 Å². The number of thioether (sulfide) groups is 2. The number of benzene rings is 1. The van der Waals surface area contributed by atoms with Gasteiger partial charge in [0.1, 0.15) is 0 Å².